The van der Waals surface area contributed by atoms with E-state index in [1.165, 1.54) is 6.07 Å². The van der Waals surface area contributed by atoms with Crippen LogP contribution in [0.4, 0.5) is 30.8 Å². The Morgan fingerprint density at radius 3 is 2.62 bits per heavy atom. The van der Waals surface area contributed by atoms with Crippen molar-refractivity contribution in [3.8, 4) is 0 Å². The number of nitrogen functional groups attached to an aromatic ring is 1. The number of hydrogen-bond donors (Lipinski definition) is 3. The van der Waals surface area contributed by atoms with Gasteiger partial charge >= 0.3 is 6.18 Å². The van der Waals surface area contributed by atoms with Crippen LogP contribution in [0.15, 0.2) is 30.4 Å². The van der Waals surface area contributed by atoms with Gasteiger partial charge in [0.25, 0.3) is 0 Å². The number of H-pyrrole nitrogens is 1. The van der Waals surface area contributed by atoms with Crippen LogP contribution in [0, 0.1) is 0 Å². The highest BCUT2D eigenvalue weighted by atomic mass is 35.5. The number of nitrogens with one attached hydrogen (secondary N) is 2. The molecule has 1 aromatic heterocycles. The van der Waals surface area contributed by atoms with E-state index in [2.05, 4.69) is 20.5 Å². The summed E-state index contributed by atoms with van der Waals surface area (Å²) in [6.07, 6.45) is 2.15. The molecule has 9 heteroatoms. The van der Waals surface area contributed by atoms with Crippen LogP contribution in [0.1, 0.15) is 24.0 Å². The molecule has 0 fully saturated rings. The van der Waals surface area contributed by atoms with E-state index in [-0.39, 0.29) is 28.2 Å². The highest BCUT2D eigenvalue weighted by Crippen LogP contribution is 2.42. The predicted octanol–water partition coefficient (Wildman–Crippen LogP) is 4.54. The molecule has 1 aliphatic carbocycles. The monoisotopic (exact) mass is 355 g/mol. The first-order chi connectivity index (χ1) is 11.3. The van der Waals surface area contributed by atoms with Crippen molar-refractivity contribution in [2.45, 2.75) is 19.0 Å². The minimum atomic E-state index is -4.55. The molecule has 1 aliphatic rings. The number of anilines is 3. The molecule has 24 heavy (non-hydrogen) atoms. The van der Waals surface area contributed by atoms with E-state index in [1.54, 1.807) is 12.2 Å². The summed E-state index contributed by atoms with van der Waals surface area (Å²) < 4.78 is 40.5. The Balaban J connectivity index is 2.07. The Morgan fingerprint density at radius 1 is 1.25 bits per heavy atom. The van der Waals surface area contributed by atoms with Gasteiger partial charge in [-0.2, -0.15) is 18.2 Å². The number of nitrogens with two attached hydrogens (primary N) is 1. The molecule has 126 valence electrons. The molecule has 3 rings (SSSR count). The second-order valence-electron chi connectivity index (χ2n) is 5.19. The first kappa shape index (κ1) is 16.4. The molecule has 2 aromatic rings. The van der Waals surface area contributed by atoms with E-state index in [1.807, 2.05) is 6.08 Å². The van der Waals surface area contributed by atoms with Crippen molar-refractivity contribution in [1.29, 1.82) is 0 Å². The molecule has 0 unspecified atom stereocenters. The Kier molecular flexibility index (Phi) is 4.23. The number of alkyl halides is 3. The van der Waals surface area contributed by atoms with Crippen LogP contribution in [0.25, 0.3) is 5.57 Å². The number of rotatable bonds is 3. The zero-order chi connectivity index (χ0) is 17.3. The average molecular weight is 356 g/mol. The Labute approximate surface area is 140 Å². The predicted molar refractivity (Wildman–Crippen MR) is 86.9 cm³/mol. The Morgan fingerprint density at radius 2 is 2.04 bits per heavy atom. The van der Waals surface area contributed by atoms with Gasteiger partial charge in [0.15, 0.2) is 0 Å². The van der Waals surface area contributed by atoms with Crippen LogP contribution in [-0.2, 0) is 6.18 Å². The SMILES string of the molecule is Nc1nc(Nc2cc(Cl)c(C3=CCCC=C3)c(C(F)(F)F)c2)n[nH]1. The number of hydrogen-bond acceptors (Lipinski definition) is 4. The number of aromatic nitrogens is 3. The van der Waals surface area contributed by atoms with Crippen LogP contribution in [0.2, 0.25) is 5.02 Å². The highest BCUT2D eigenvalue weighted by Gasteiger charge is 2.35. The molecule has 1 aromatic carbocycles. The fourth-order valence-electron chi connectivity index (χ4n) is 2.45. The normalized spacial score (nSPS) is 14.6. The lowest BCUT2D eigenvalue weighted by atomic mass is 9.94. The molecule has 0 aliphatic heterocycles. The van der Waals surface area contributed by atoms with Crippen LogP contribution < -0.4 is 11.1 Å². The van der Waals surface area contributed by atoms with Gasteiger partial charge in [-0.3, -0.25) is 0 Å². The van der Waals surface area contributed by atoms with E-state index >= 15 is 0 Å². The van der Waals surface area contributed by atoms with Crippen molar-refractivity contribution < 1.29 is 13.2 Å². The van der Waals surface area contributed by atoms with E-state index in [9.17, 15) is 13.2 Å². The lowest BCUT2D eigenvalue weighted by Crippen LogP contribution is -2.10. The molecule has 0 atom stereocenters. The van der Waals surface area contributed by atoms with Gasteiger partial charge in [0.05, 0.1) is 10.6 Å². The fraction of sp³-hybridized carbons (Fsp3) is 0.200. The Bertz CT molecular complexity index is 823. The summed E-state index contributed by atoms with van der Waals surface area (Å²) in [5.41, 5.74) is 5.13. The molecule has 0 saturated carbocycles. The molecular formula is C15H13ClF3N5. The van der Waals surface area contributed by atoms with Gasteiger partial charge in [-0.15, -0.1) is 5.10 Å². The quantitative estimate of drug-likeness (QED) is 0.755. The van der Waals surface area contributed by atoms with Crippen molar-refractivity contribution in [2.75, 3.05) is 11.1 Å². The van der Waals surface area contributed by atoms with Gasteiger partial charge in [0.2, 0.25) is 11.9 Å². The van der Waals surface area contributed by atoms with Gasteiger partial charge in [0, 0.05) is 11.3 Å². The minimum Gasteiger partial charge on any atom is -0.368 e. The zero-order valence-electron chi connectivity index (χ0n) is 12.3. The summed E-state index contributed by atoms with van der Waals surface area (Å²) in [5, 5.41) is 8.76. The van der Waals surface area contributed by atoms with Crippen LogP contribution in [0.5, 0.6) is 0 Å². The number of halogens is 4. The van der Waals surface area contributed by atoms with E-state index in [0.717, 1.165) is 12.5 Å². The zero-order valence-corrected chi connectivity index (χ0v) is 13.0. The average Bonchev–Trinajstić information content (AvgIpc) is 2.92. The summed E-state index contributed by atoms with van der Waals surface area (Å²) in [6.45, 7) is 0. The topological polar surface area (TPSA) is 79.6 Å². The van der Waals surface area contributed by atoms with Gasteiger partial charge < -0.3 is 11.1 Å². The summed E-state index contributed by atoms with van der Waals surface area (Å²) in [7, 11) is 0. The second kappa shape index (κ2) is 6.20. The third kappa shape index (κ3) is 3.38. The maximum absolute atomic E-state index is 13.5. The molecule has 5 nitrogen and oxygen atoms in total. The number of allylic oxidation sites excluding steroid dienone is 4. The maximum Gasteiger partial charge on any atom is 0.417 e. The first-order valence-corrected chi connectivity index (χ1v) is 7.45. The standard InChI is InChI=1S/C15H13ClF3N5/c16-11-7-9(21-14-22-13(20)23-24-14)6-10(15(17,18)19)12(11)8-4-2-1-3-5-8/h2,4-7H,1,3H2,(H4,20,21,22,23,24). The molecule has 0 spiro atoms. The van der Waals surface area contributed by atoms with Gasteiger partial charge in [0.1, 0.15) is 0 Å². The van der Waals surface area contributed by atoms with E-state index in [0.29, 0.717) is 12.0 Å². The van der Waals surface area contributed by atoms with Gasteiger partial charge in [-0.25, -0.2) is 5.10 Å². The molecule has 0 amide bonds. The van der Waals surface area contributed by atoms with Crippen LogP contribution in [0.3, 0.4) is 0 Å². The Hall–Kier alpha value is -2.48. The molecule has 0 radical (unpaired) electrons. The van der Waals surface area contributed by atoms with Crippen molar-refractivity contribution in [1.82, 2.24) is 15.2 Å². The van der Waals surface area contributed by atoms with Crippen LogP contribution in [-0.4, -0.2) is 15.2 Å². The summed E-state index contributed by atoms with van der Waals surface area (Å²) in [6, 6.07) is 2.39. The molecule has 0 saturated heterocycles. The number of aromatic amines is 1. The van der Waals surface area contributed by atoms with E-state index < -0.39 is 11.7 Å². The van der Waals surface area contributed by atoms with E-state index in [4.69, 9.17) is 17.3 Å². The molecule has 4 N–H and O–H groups in total. The van der Waals surface area contributed by atoms with Gasteiger partial charge in [-0.1, -0.05) is 29.8 Å². The number of benzene rings is 1. The lowest BCUT2D eigenvalue weighted by molar-refractivity contribution is -0.137. The smallest absolute Gasteiger partial charge is 0.368 e. The summed E-state index contributed by atoms with van der Waals surface area (Å²) >= 11 is 6.16. The third-order valence-electron chi connectivity index (χ3n) is 3.44. The molecule has 1 heterocycles. The highest BCUT2D eigenvalue weighted by molar-refractivity contribution is 6.33. The second-order valence-corrected chi connectivity index (χ2v) is 5.59. The van der Waals surface area contributed by atoms with Gasteiger partial charge in [-0.05, 0) is 30.5 Å². The molecule has 0 bridgehead atoms. The lowest BCUT2D eigenvalue weighted by Gasteiger charge is -2.18. The fourth-order valence-corrected chi connectivity index (χ4v) is 2.78. The maximum atomic E-state index is 13.5. The minimum absolute atomic E-state index is 0.00590. The summed E-state index contributed by atoms with van der Waals surface area (Å²) in [4.78, 5) is 3.79. The van der Waals surface area contributed by atoms with Crippen molar-refractivity contribution >= 4 is 34.8 Å². The van der Waals surface area contributed by atoms with Crippen molar-refractivity contribution in [2.24, 2.45) is 0 Å². The van der Waals surface area contributed by atoms with Crippen LogP contribution >= 0.6 is 11.6 Å². The molecular weight excluding hydrogens is 343 g/mol. The number of nitrogens with zero attached hydrogens (tertiary/aromatic N) is 2. The van der Waals surface area contributed by atoms with Crippen molar-refractivity contribution in [3.63, 3.8) is 0 Å². The summed E-state index contributed by atoms with van der Waals surface area (Å²) in [5.74, 6) is 0.106. The van der Waals surface area contributed by atoms with Crippen molar-refractivity contribution in [3.05, 3.63) is 46.5 Å². The first-order valence-electron chi connectivity index (χ1n) is 7.07. The largest absolute Gasteiger partial charge is 0.417 e. The third-order valence-corrected chi connectivity index (χ3v) is 3.74.